The molecule has 0 bridgehead atoms. The van der Waals surface area contributed by atoms with Gasteiger partial charge in [0.05, 0.1) is 5.75 Å². The minimum Gasteiger partial charge on any atom is -0.492 e. The van der Waals surface area contributed by atoms with Crippen LogP contribution in [0.4, 0.5) is 5.69 Å². The maximum absolute atomic E-state index is 11.8. The van der Waals surface area contributed by atoms with Crippen molar-refractivity contribution < 1.29 is 13.2 Å². The molecule has 0 heterocycles. The lowest BCUT2D eigenvalue weighted by Crippen LogP contribution is -2.35. The highest BCUT2D eigenvalue weighted by atomic mass is 32.2. The van der Waals surface area contributed by atoms with Crippen LogP contribution in [0.3, 0.4) is 0 Å². The molecular weight excluding hydrogens is 276 g/mol. The molecule has 114 valence electrons. The van der Waals surface area contributed by atoms with Crippen LogP contribution in [-0.2, 0) is 10.0 Å². The topological polar surface area (TPSA) is 81.4 Å². The minimum absolute atomic E-state index is 0.0349. The molecule has 0 aromatic heterocycles. The van der Waals surface area contributed by atoms with Gasteiger partial charge in [-0.1, -0.05) is 25.8 Å². The van der Waals surface area contributed by atoms with Crippen LogP contribution in [0.5, 0.6) is 5.75 Å². The Kier molecular flexibility index (Phi) is 6.81. The molecule has 1 aromatic rings. The van der Waals surface area contributed by atoms with Gasteiger partial charge < -0.3 is 10.5 Å². The highest BCUT2D eigenvalue weighted by Gasteiger charge is 2.14. The number of unbranched alkanes of at least 4 members (excludes halogenated alkanes) is 1. The highest BCUT2D eigenvalue weighted by Crippen LogP contribution is 2.14. The Balaban J connectivity index is 2.36. The van der Waals surface area contributed by atoms with Crippen molar-refractivity contribution in [2.75, 3.05) is 18.1 Å². The van der Waals surface area contributed by atoms with E-state index in [1.54, 1.807) is 24.3 Å². The van der Waals surface area contributed by atoms with Crippen molar-refractivity contribution in [3.63, 3.8) is 0 Å². The van der Waals surface area contributed by atoms with Gasteiger partial charge in [0.1, 0.15) is 12.4 Å². The normalized spacial score (nSPS) is 13.1. The van der Waals surface area contributed by atoms with Crippen LogP contribution in [0.15, 0.2) is 24.3 Å². The Morgan fingerprint density at radius 1 is 1.40 bits per heavy atom. The van der Waals surface area contributed by atoms with E-state index in [4.69, 9.17) is 10.5 Å². The number of nitrogen functional groups attached to an aromatic ring is 1. The molecule has 1 atom stereocenters. The first-order chi connectivity index (χ1) is 9.43. The van der Waals surface area contributed by atoms with Crippen LogP contribution in [0, 0.1) is 0 Å². The first-order valence-electron chi connectivity index (χ1n) is 6.91. The lowest BCUT2D eigenvalue weighted by atomic mass is 10.2. The zero-order chi connectivity index (χ0) is 15.0. The first-order valence-corrected chi connectivity index (χ1v) is 8.56. The van der Waals surface area contributed by atoms with Crippen molar-refractivity contribution in [1.29, 1.82) is 0 Å². The Bertz CT molecular complexity index is 503. The van der Waals surface area contributed by atoms with Gasteiger partial charge in [0.2, 0.25) is 10.0 Å². The zero-order valence-corrected chi connectivity index (χ0v) is 12.9. The maximum atomic E-state index is 11.8. The molecule has 0 spiro atoms. The van der Waals surface area contributed by atoms with Gasteiger partial charge in [0.25, 0.3) is 0 Å². The number of nitrogens with one attached hydrogen (secondary N) is 1. The Morgan fingerprint density at radius 3 is 2.80 bits per heavy atom. The first kappa shape index (κ1) is 16.8. The zero-order valence-electron chi connectivity index (χ0n) is 12.1. The van der Waals surface area contributed by atoms with Gasteiger partial charge in [0.15, 0.2) is 0 Å². The van der Waals surface area contributed by atoms with Gasteiger partial charge in [-0.25, -0.2) is 13.1 Å². The summed E-state index contributed by atoms with van der Waals surface area (Å²) < 4.78 is 31.7. The molecule has 6 heteroatoms. The molecule has 0 aliphatic heterocycles. The number of rotatable bonds is 9. The van der Waals surface area contributed by atoms with Crippen molar-refractivity contribution in [3.05, 3.63) is 24.3 Å². The summed E-state index contributed by atoms with van der Waals surface area (Å²) in [4.78, 5) is 0. The fourth-order valence-corrected chi connectivity index (χ4v) is 2.96. The van der Waals surface area contributed by atoms with Crippen LogP contribution in [-0.4, -0.2) is 26.8 Å². The summed E-state index contributed by atoms with van der Waals surface area (Å²) in [7, 11) is -3.30. The largest absolute Gasteiger partial charge is 0.492 e. The minimum atomic E-state index is -3.30. The summed E-state index contributed by atoms with van der Waals surface area (Å²) in [6, 6.07) is 6.90. The lowest BCUT2D eigenvalue weighted by Gasteiger charge is -2.14. The summed E-state index contributed by atoms with van der Waals surface area (Å²) in [5.74, 6) is 0.525. The van der Waals surface area contributed by atoms with Crippen LogP contribution in [0.25, 0.3) is 0 Å². The second-order valence-corrected chi connectivity index (χ2v) is 6.77. The molecular formula is C14H24N2O3S. The van der Waals surface area contributed by atoms with E-state index in [0.717, 1.165) is 19.3 Å². The van der Waals surface area contributed by atoms with Crippen LogP contribution in [0.2, 0.25) is 0 Å². The van der Waals surface area contributed by atoms with Gasteiger partial charge >= 0.3 is 0 Å². The smallest absolute Gasteiger partial charge is 0.215 e. The highest BCUT2D eigenvalue weighted by molar-refractivity contribution is 7.89. The molecule has 0 aliphatic carbocycles. The molecule has 0 aliphatic rings. The molecule has 5 nitrogen and oxygen atoms in total. The monoisotopic (exact) mass is 300 g/mol. The van der Waals surface area contributed by atoms with Crippen LogP contribution < -0.4 is 15.2 Å². The molecule has 1 unspecified atom stereocenters. The summed E-state index contributed by atoms with van der Waals surface area (Å²) in [5, 5.41) is 0. The second-order valence-electron chi connectivity index (χ2n) is 4.90. The SMILES string of the molecule is CCCCC(C)NS(=O)(=O)CCOc1cccc(N)c1. The molecule has 3 N–H and O–H groups in total. The third kappa shape index (κ3) is 6.77. The summed E-state index contributed by atoms with van der Waals surface area (Å²) in [6.45, 7) is 4.08. The average Bonchev–Trinajstić information content (AvgIpc) is 2.35. The van der Waals surface area contributed by atoms with E-state index in [1.807, 2.05) is 6.92 Å². The van der Waals surface area contributed by atoms with E-state index in [1.165, 1.54) is 0 Å². The van der Waals surface area contributed by atoms with Crippen molar-refractivity contribution in [3.8, 4) is 5.75 Å². The number of ether oxygens (including phenoxy) is 1. The fraction of sp³-hybridized carbons (Fsp3) is 0.571. The van der Waals surface area contributed by atoms with Crippen molar-refractivity contribution in [1.82, 2.24) is 4.72 Å². The number of hydrogen-bond acceptors (Lipinski definition) is 4. The number of benzene rings is 1. The standard InChI is InChI=1S/C14H24N2O3S/c1-3-4-6-12(2)16-20(17,18)10-9-19-14-8-5-7-13(15)11-14/h5,7-8,11-12,16H,3-4,6,9-10,15H2,1-2H3. The molecule has 0 saturated heterocycles. The summed E-state index contributed by atoms with van der Waals surface area (Å²) in [5.41, 5.74) is 6.21. The molecule has 0 amide bonds. The Morgan fingerprint density at radius 2 is 2.15 bits per heavy atom. The maximum Gasteiger partial charge on any atom is 0.215 e. The third-order valence-corrected chi connectivity index (χ3v) is 4.32. The van der Waals surface area contributed by atoms with Crippen LogP contribution in [0.1, 0.15) is 33.1 Å². The number of anilines is 1. The second kappa shape index (κ2) is 8.11. The predicted molar refractivity (Wildman–Crippen MR) is 82.3 cm³/mol. The van der Waals surface area contributed by atoms with E-state index in [0.29, 0.717) is 11.4 Å². The molecule has 0 radical (unpaired) electrons. The van der Waals surface area contributed by atoms with E-state index in [2.05, 4.69) is 11.6 Å². The number of nitrogens with two attached hydrogens (primary N) is 1. The van der Waals surface area contributed by atoms with E-state index >= 15 is 0 Å². The lowest BCUT2D eigenvalue weighted by molar-refractivity contribution is 0.340. The molecule has 1 rings (SSSR count). The van der Waals surface area contributed by atoms with Gasteiger partial charge in [-0.05, 0) is 25.5 Å². The average molecular weight is 300 g/mol. The van der Waals surface area contributed by atoms with Gasteiger partial charge in [-0.15, -0.1) is 0 Å². The van der Waals surface area contributed by atoms with E-state index < -0.39 is 10.0 Å². The van der Waals surface area contributed by atoms with Gasteiger partial charge in [-0.3, -0.25) is 0 Å². The summed E-state index contributed by atoms with van der Waals surface area (Å²) >= 11 is 0. The predicted octanol–water partition coefficient (Wildman–Crippen LogP) is 2.15. The van der Waals surface area contributed by atoms with Gasteiger partial charge in [0, 0.05) is 17.8 Å². The Labute approximate surface area is 121 Å². The molecule has 0 fully saturated rings. The molecule has 20 heavy (non-hydrogen) atoms. The van der Waals surface area contributed by atoms with Crippen molar-refractivity contribution in [2.24, 2.45) is 0 Å². The number of sulfonamides is 1. The van der Waals surface area contributed by atoms with E-state index in [-0.39, 0.29) is 18.4 Å². The fourth-order valence-electron chi connectivity index (χ4n) is 1.81. The molecule has 1 aromatic carbocycles. The van der Waals surface area contributed by atoms with E-state index in [9.17, 15) is 8.42 Å². The number of hydrogen-bond donors (Lipinski definition) is 2. The van der Waals surface area contributed by atoms with Gasteiger partial charge in [-0.2, -0.15) is 0 Å². The third-order valence-electron chi connectivity index (χ3n) is 2.85. The molecule has 0 saturated carbocycles. The van der Waals surface area contributed by atoms with Crippen molar-refractivity contribution >= 4 is 15.7 Å². The van der Waals surface area contributed by atoms with Crippen LogP contribution >= 0.6 is 0 Å². The quantitative estimate of drug-likeness (QED) is 0.685. The van der Waals surface area contributed by atoms with Crippen molar-refractivity contribution in [2.45, 2.75) is 39.2 Å². The Hall–Kier alpha value is -1.27. The summed E-state index contributed by atoms with van der Waals surface area (Å²) in [6.07, 6.45) is 2.93.